The lowest BCUT2D eigenvalue weighted by Crippen LogP contribution is -2.44. The molecular weight excluding hydrogens is 757 g/mol. The van der Waals surface area contributed by atoms with E-state index in [1.54, 1.807) is 18.2 Å². The molecule has 0 saturated carbocycles. The fourth-order valence-electron chi connectivity index (χ4n) is 7.68. The molecule has 14 heteroatoms. The summed E-state index contributed by atoms with van der Waals surface area (Å²) in [4.78, 5) is 65.8. The van der Waals surface area contributed by atoms with E-state index in [2.05, 4.69) is 29.7 Å². The molecule has 14 nitrogen and oxygen atoms in total. The number of hydrogen-bond acceptors (Lipinski definition) is 12. The molecule has 0 amide bonds. The first-order valence-corrected chi connectivity index (χ1v) is 19.1. The van der Waals surface area contributed by atoms with E-state index in [1.807, 2.05) is 52.0 Å². The molecule has 1 aliphatic carbocycles. The van der Waals surface area contributed by atoms with Crippen LogP contribution in [0.25, 0.3) is 24.3 Å². The Hall–Kier alpha value is -6.09. The third-order valence-corrected chi connectivity index (χ3v) is 10.9. The number of nitrogens with one attached hydrogen (secondary N) is 2. The molecule has 2 atom stereocenters. The standard InChI is InChI=1S/C45H52N4O10/c1-10-30-26(4)35(49-39(30)23-40-45(7)29(24-46-40)12-13-32(43(53)55-8)42(45)44(54)56-9)21-36-28(6)33(20-25(3)59-58-19-17-51)38(48-36)22-37-31(27(5)34(11-2)47-37)14-15-41(52)57-18-16-50/h10-13,21-23,42,48-51H,1-3,14-20,24H2,4-9H3/b35-21-,37-22?,39-23-. The number of rotatable bonds is 18. The Kier molecular flexibility index (Phi) is 14.3. The molecule has 4 N–H and O–H groups in total. The van der Waals surface area contributed by atoms with Crippen molar-refractivity contribution in [1.82, 2.24) is 9.97 Å². The van der Waals surface area contributed by atoms with Crippen LogP contribution in [-0.4, -0.2) is 96.7 Å². The lowest BCUT2D eigenvalue weighted by molar-refractivity contribution is -0.266. The molecule has 0 saturated heterocycles. The normalized spacial score (nSPS) is 19.9. The molecule has 0 bridgehead atoms. The number of ether oxygens (including phenoxy) is 3. The van der Waals surface area contributed by atoms with Crippen LogP contribution in [0.5, 0.6) is 0 Å². The van der Waals surface area contributed by atoms with Crippen LogP contribution < -0.4 is 10.7 Å². The van der Waals surface area contributed by atoms with Crippen LogP contribution in [0.1, 0.15) is 60.3 Å². The number of carbonyl (C=O) groups excluding carboxylic acids is 3. The van der Waals surface area contributed by atoms with Crippen LogP contribution >= 0.6 is 0 Å². The van der Waals surface area contributed by atoms with Gasteiger partial charge in [-0.2, -0.15) is 4.89 Å². The summed E-state index contributed by atoms with van der Waals surface area (Å²) >= 11 is 0. The quantitative estimate of drug-likeness (QED) is 0.0425. The van der Waals surface area contributed by atoms with Gasteiger partial charge in [0.15, 0.2) is 0 Å². The summed E-state index contributed by atoms with van der Waals surface area (Å²) in [6, 6.07) is 0. The second-order valence-corrected chi connectivity index (χ2v) is 14.3. The van der Waals surface area contributed by atoms with Crippen LogP contribution in [0.2, 0.25) is 0 Å². The van der Waals surface area contributed by atoms with Crippen LogP contribution in [0, 0.1) is 25.2 Å². The topological polar surface area (TPSA) is 194 Å². The average Bonchev–Trinajstić information content (AvgIpc) is 3.91. The third kappa shape index (κ3) is 8.99. The third-order valence-electron chi connectivity index (χ3n) is 10.9. The summed E-state index contributed by atoms with van der Waals surface area (Å²) in [5, 5.41) is 19.7. The highest BCUT2D eigenvalue weighted by atomic mass is 17.2. The number of aliphatic hydroxyl groups is 2. The summed E-state index contributed by atoms with van der Waals surface area (Å²) in [7, 11) is 2.57. The number of esters is 3. The molecule has 3 aliphatic rings. The van der Waals surface area contributed by atoms with Crippen molar-refractivity contribution in [3.05, 3.63) is 116 Å². The molecule has 2 aromatic rings. The fraction of sp³-hybridized carbons (Fsp3) is 0.356. The highest BCUT2D eigenvalue weighted by molar-refractivity contribution is 6.19. The Bertz CT molecular complexity index is 2380. The van der Waals surface area contributed by atoms with Gasteiger partial charge in [0.2, 0.25) is 0 Å². The van der Waals surface area contributed by atoms with E-state index in [1.165, 1.54) is 14.2 Å². The summed E-state index contributed by atoms with van der Waals surface area (Å²) in [5.41, 5.74) is 8.67. The Balaban J connectivity index is 1.61. The lowest BCUT2D eigenvalue weighted by Gasteiger charge is -2.37. The summed E-state index contributed by atoms with van der Waals surface area (Å²) < 4.78 is 15.3. The molecule has 2 aromatic heterocycles. The number of hydrogen-bond donors (Lipinski definition) is 4. The van der Waals surface area contributed by atoms with Gasteiger partial charge in [0.25, 0.3) is 0 Å². The first-order chi connectivity index (χ1) is 28.3. The van der Waals surface area contributed by atoms with Crippen LogP contribution in [0.4, 0.5) is 0 Å². The monoisotopic (exact) mass is 808 g/mol. The van der Waals surface area contributed by atoms with Crippen molar-refractivity contribution in [1.29, 1.82) is 0 Å². The number of aromatic nitrogens is 2. The second kappa shape index (κ2) is 19.1. The van der Waals surface area contributed by atoms with Crippen molar-refractivity contribution >= 4 is 53.6 Å². The van der Waals surface area contributed by atoms with Gasteiger partial charge >= 0.3 is 17.9 Å². The van der Waals surface area contributed by atoms with Crippen molar-refractivity contribution in [3.63, 3.8) is 0 Å². The van der Waals surface area contributed by atoms with E-state index >= 15 is 0 Å². The largest absolute Gasteiger partial charge is 0.469 e. The Morgan fingerprint density at radius 1 is 0.949 bits per heavy atom. The van der Waals surface area contributed by atoms with E-state index < -0.39 is 29.2 Å². The van der Waals surface area contributed by atoms with Crippen LogP contribution in [0.15, 0.2) is 81.7 Å². The van der Waals surface area contributed by atoms with Crippen molar-refractivity contribution < 1.29 is 48.6 Å². The first kappa shape index (κ1) is 44.0. The molecular formula is C45H52N4O10. The molecule has 2 aliphatic heterocycles. The molecule has 312 valence electrons. The van der Waals surface area contributed by atoms with Gasteiger partial charge in [-0.3, -0.25) is 14.6 Å². The van der Waals surface area contributed by atoms with Crippen molar-refractivity contribution in [3.8, 4) is 0 Å². The maximum absolute atomic E-state index is 13.3. The minimum Gasteiger partial charge on any atom is -0.469 e. The predicted octanol–water partition coefficient (Wildman–Crippen LogP) is 4.11. The number of carbonyl (C=O) groups is 3. The van der Waals surface area contributed by atoms with Gasteiger partial charge in [0, 0.05) is 46.2 Å². The Labute approximate surface area is 343 Å². The number of nitrogens with zero attached hydrogens (tertiary/aromatic N) is 2. The number of aliphatic hydroxyl groups excluding tert-OH is 2. The SMILES string of the molecule is C=CC1=NC(=Cc2[nH]c(/C=c3\[nH]/c(=C\C4=NCC5=CC=C(C(=O)OC)C(C(=O)OC)C54C)c(C=C)c3C)c(C)c2CC(=C)OOCCO)C(CCC(=O)OCCO)=C1C. The highest BCUT2D eigenvalue weighted by Gasteiger charge is 2.53. The van der Waals surface area contributed by atoms with E-state index in [9.17, 15) is 19.5 Å². The Morgan fingerprint density at radius 3 is 2.36 bits per heavy atom. The molecule has 2 unspecified atom stereocenters. The smallest absolute Gasteiger partial charge is 0.334 e. The van der Waals surface area contributed by atoms with E-state index in [0.717, 1.165) is 50.0 Å². The lowest BCUT2D eigenvalue weighted by atomic mass is 9.64. The van der Waals surface area contributed by atoms with Crippen molar-refractivity contribution in [2.75, 3.05) is 47.2 Å². The van der Waals surface area contributed by atoms with Gasteiger partial charge in [-0.25, -0.2) is 9.79 Å². The van der Waals surface area contributed by atoms with Gasteiger partial charge in [0.1, 0.15) is 24.9 Å². The molecule has 0 fully saturated rings. The van der Waals surface area contributed by atoms with Gasteiger partial charge in [0.05, 0.1) is 56.4 Å². The van der Waals surface area contributed by atoms with Gasteiger partial charge in [-0.1, -0.05) is 38.0 Å². The zero-order valence-electron chi connectivity index (χ0n) is 34.5. The second-order valence-electron chi connectivity index (χ2n) is 14.3. The van der Waals surface area contributed by atoms with E-state index in [-0.39, 0.29) is 44.8 Å². The average molecular weight is 809 g/mol. The van der Waals surface area contributed by atoms with Crippen molar-refractivity contribution in [2.24, 2.45) is 21.3 Å². The minimum atomic E-state index is -0.981. The number of aliphatic imine (C=N–C) groups is 2. The van der Waals surface area contributed by atoms with Gasteiger partial charge < -0.3 is 39.3 Å². The maximum Gasteiger partial charge on any atom is 0.334 e. The zero-order valence-corrected chi connectivity index (χ0v) is 34.5. The maximum atomic E-state index is 13.3. The zero-order chi connectivity index (χ0) is 43.0. The first-order valence-electron chi connectivity index (χ1n) is 19.1. The molecule has 0 aromatic carbocycles. The molecule has 0 radical (unpaired) electrons. The van der Waals surface area contributed by atoms with Crippen molar-refractivity contribution in [2.45, 2.75) is 47.0 Å². The Morgan fingerprint density at radius 2 is 1.69 bits per heavy atom. The van der Waals surface area contributed by atoms with Gasteiger partial charge in [-0.05, 0) is 91.8 Å². The fourth-order valence-corrected chi connectivity index (χ4v) is 7.68. The molecule has 4 heterocycles. The van der Waals surface area contributed by atoms with E-state index in [4.69, 9.17) is 39.1 Å². The van der Waals surface area contributed by atoms with Crippen LogP contribution in [-0.2, 0) is 44.8 Å². The number of methoxy groups -OCH3 is 2. The number of allylic oxidation sites excluding steroid dienone is 6. The predicted molar refractivity (Wildman–Crippen MR) is 225 cm³/mol. The summed E-state index contributed by atoms with van der Waals surface area (Å²) in [6.45, 7) is 19.6. The summed E-state index contributed by atoms with van der Waals surface area (Å²) in [5.74, 6) is -2.28. The van der Waals surface area contributed by atoms with Crippen LogP contribution in [0.3, 0.4) is 0 Å². The van der Waals surface area contributed by atoms with E-state index in [0.29, 0.717) is 46.9 Å². The van der Waals surface area contributed by atoms with Gasteiger partial charge in [-0.15, -0.1) is 0 Å². The number of H-pyrrole nitrogens is 2. The minimum absolute atomic E-state index is 0.0267. The number of aromatic amines is 2. The molecule has 59 heavy (non-hydrogen) atoms. The molecule has 5 rings (SSSR count). The molecule has 0 spiro atoms. The summed E-state index contributed by atoms with van der Waals surface area (Å²) in [6.07, 6.45) is 13.3. The highest BCUT2D eigenvalue weighted by Crippen LogP contribution is 2.48. The number of fused-ring (bicyclic) bond motifs is 1.